The van der Waals surface area contributed by atoms with Crippen LogP contribution in [0.15, 0.2) is 47.5 Å². The Morgan fingerprint density at radius 2 is 1.95 bits per heavy atom. The molecule has 0 radical (unpaired) electrons. The van der Waals surface area contributed by atoms with Gasteiger partial charge in [0, 0.05) is 12.6 Å². The van der Waals surface area contributed by atoms with Gasteiger partial charge in [0.15, 0.2) is 5.82 Å². The van der Waals surface area contributed by atoms with E-state index in [2.05, 4.69) is 9.71 Å². The summed E-state index contributed by atoms with van der Waals surface area (Å²) in [5, 5.41) is 0.228. The first-order chi connectivity index (χ1) is 9.88. The van der Waals surface area contributed by atoms with Gasteiger partial charge in [-0.1, -0.05) is 36.0 Å². The summed E-state index contributed by atoms with van der Waals surface area (Å²) in [5.41, 5.74) is 6.29. The predicted octanol–water partition coefficient (Wildman–Crippen LogP) is 2.36. The van der Waals surface area contributed by atoms with Crippen LogP contribution in [0.25, 0.3) is 0 Å². The summed E-state index contributed by atoms with van der Waals surface area (Å²) in [6.07, 6.45) is 1.88. The Morgan fingerprint density at radius 1 is 1.29 bits per heavy atom. The number of aromatic nitrogens is 1. The van der Waals surface area contributed by atoms with Crippen LogP contribution < -0.4 is 10.5 Å². The van der Waals surface area contributed by atoms with Gasteiger partial charge in [0.05, 0.1) is 14.9 Å². The first-order valence-corrected chi connectivity index (χ1v) is 8.16. The third-order valence-corrected chi connectivity index (χ3v) is 4.41. The van der Waals surface area contributed by atoms with Crippen molar-refractivity contribution in [3.63, 3.8) is 0 Å². The molecular formula is C13H12ClN3O2S2. The molecule has 0 atom stereocenters. The van der Waals surface area contributed by atoms with E-state index in [1.54, 1.807) is 24.3 Å². The van der Waals surface area contributed by atoms with Gasteiger partial charge >= 0.3 is 0 Å². The average Bonchev–Trinajstić information content (AvgIpc) is 2.41. The van der Waals surface area contributed by atoms with Crippen molar-refractivity contribution in [2.24, 2.45) is 5.73 Å². The van der Waals surface area contributed by atoms with Crippen molar-refractivity contribution < 1.29 is 8.42 Å². The van der Waals surface area contributed by atoms with Crippen molar-refractivity contribution in [2.75, 3.05) is 4.72 Å². The van der Waals surface area contributed by atoms with E-state index in [1.807, 2.05) is 0 Å². The fraction of sp³-hybridized carbons (Fsp3) is 0.0769. The standard InChI is InChI=1S/C13H12ClN3O2S2/c14-11-2-1-7-16-13(11)17-21(18,19)10-5-3-9(4-6-10)8-12(15)20/h1-7H,8H2,(H2,15,20)(H,16,17). The first kappa shape index (κ1) is 15.7. The van der Waals surface area contributed by atoms with Crippen molar-refractivity contribution in [3.05, 3.63) is 53.2 Å². The highest BCUT2D eigenvalue weighted by Crippen LogP contribution is 2.21. The number of nitrogens with zero attached hydrogens (tertiary/aromatic N) is 1. The maximum absolute atomic E-state index is 12.2. The molecule has 0 amide bonds. The van der Waals surface area contributed by atoms with E-state index in [-0.39, 0.29) is 15.7 Å². The minimum Gasteiger partial charge on any atom is -0.393 e. The van der Waals surface area contributed by atoms with Gasteiger partial charge < -0.3 is 5.73 Å². The van der Waals surface area contributed by atoms with Crippen molar-refractivity contribution in [1.29, 1.82) is 0 Å². The van der Waals surface area contributed by atoms with E-state index >= 15 is 0 Å². The van der Waals surface area contributed by atoms with Crippen LogP contribution in [0.5, 0.6) is 0 Å². The summed E-state index contributed by atoms with van der Waals surface area (Å²) in [7, 11) is -3.74. The molecule has 0 fully saturated rings. The number of sulfonamides is 1. The molecule has 1 aromatic heterocycles. The number of hydrogen-bond acceptors (Lipinski definition) is 4. The lowest BCUT2D eigenvalue weighted by Crippen LogP contribution is -2.15. The van der Waals surface area contributed by atoms with Crippen LogP contribution in [0, 0.1) is 0 Å². The van der Waals surface area contributed by atoms with Gasteiger partial charge in [0.2, 0.25) is 0 Å². The third kappa shape index (κ3) is 4.13. The first-order valence-electron chi connectivity index (χ1n) is 5.89. The van der Waals surface area contributed by atoms with Gasteiger partial charge in [-0.05, 0) is 29.8 Å². The Hall–Kier alpha value is -1.70. The fourth-order valence-corrected chi connectivity index (χ4v) is 3.06. The van der Waals surface area contributed by atoms with Crippen molar-refractivity contribution >= 4 is 44.6 Å². The SMILES string of the molecule is NC(=S)Cc1ccc(S(=O)(=O)Nc2ncccc2Cl)cc1. The number of halogens is 1. The molecule has 3 N–H and O–H groups in total. The van der Waals surface area contributed by atoms with Gasteiger partial charge in [-0.25, -0.2) is 13.4 Å². The molecule has 1 heterocycles. The van der Waals surface area contributed by atoms with Crippen LogP contribution in [0.4, 0.5) is 5.82 Å². The lowest BCUT2D eigenvalue weighted by molar-refractivity contribution is 0.601. The summed E-state index contributed by atoms with van der Waals surface area (Å²) in [6.45, 7) is 0. The zero-order chi connectivity index (χ0) is 15.5. The molecule has 8 heteroatoms. The van der Waals surface area contributed by atoms with E-state index in [0.717, 1.165) is 5.56 Å². The van der Waals surface area contributed by atoms with E-state index in [4.69, 9.17) is 29.6 Å². The molecule has 2 aromatic rings. The summed E-state index contributed by atoms with van der Waals surface area (Å²) >= 11 is 10.7. The lowest BCUT2D eigenvalue weighted by atomic mass is 10.1. The van der Waals surface area contributed by atoms with E-state index in [0.29, 0.717) is 11.4 Å². The summed E-state index contributed by atoms with van der Waals surface area (Å²) in [5.74, 6) is 0.0892. The molecule has 0 saturated carbocycles. The van der Waals surface area contributed by atoms with E-state index in [1.165, 1.54) is 18.3 Å². The van der Waals surface area contributed by atoms with Crippen molar-refractivity contribution in [1.82, 2.24) is 4.98 Å². The van der Waals surface area contributed by atoms with Gasteiger partial charge in [0.1, 0.15) is 0 Å². The van der Waals surface area contributed by atoms with Crippen LogP contribution in [-0.2, 0) is 16.4 Å². The predicted molar refractivity (Wildman–Crippen MR) is 87.0 cm³/mol. The monoisotopic (exact) mass is 341 g/mol. The van der Waals surface area contributed by atoms with E-state index in [9.17, 15) is 8.42 Å². The summed E-state index contributed by atoms with van der Waals surface area (Å²) in [4.78, 5) is 4.35. The number of pyridine rings is 1. The number of benzene rings is 1. The highest BCUT2D eigenvalue weighted by molar-refractivity contribution is 7.92. The highest BCUT2D eigenvalue weighted by Gasteiger charge is 2.16. The Bertz CT molecular complexity index is 761. The number of thiocarbonyl (C=S) groups is 1. The maximum Gasteiger partial charge on any atom is 0.263 e. The molecule has 21 heavy (non-hydrogen) atoms. The molecule has 0 spiro atoms. The van der Waals surface area contributed by atoms with Gasteiger partial charge in [-0.15, -0.1) is 0 Å². The smallest absolute Gasteiger partial charge is 0.263 e. The molecule has 0 aliphatic carbocycles. The van der Waals surface area contributed by atoms with Gasteiger partial charge in [-0.3, -0.25) is 4.72 Å². The maximum atomic E-state index is 12.2. The number of anilines is 1. The highest BCUT2D eigenvalue weighted by atomic mass is 35.5. The molecular weight excluding hydrogens is 330 g/mol. The summed E-state index contributed by atoms with van der Waals surface area (Å²) in [6, 6.07) is 9.45. The van der Waals surface area contributed by atoms with Crippen molar-refractivity contribution in [2.45, 2.75) is 11.3 Å². The Balaban J connectivity index is 2.24. The molecule has 0 unspecified atom stereocenters. The second kappa shape index (κ2) is 6.38. The van der Waals surface area contributed by atoms with Crippen molar-refractivity contribution in [3.8, 4) is 0 Å². The molecule has 110 valence electrons. The summed E-state index contributed by atoms with van der Waals surface area (Å²) < 4.78 is 26.8. The normalized spacial score (nSPS) is 11.1. The van der Waals surface area contributed by atoms with Crippen LogP contribution in [0.3, 0.4) is 0 Å². The topological polar surface area (TPSA) is 85.1 Å². The minimum absolute atomic E-state index is 0.0892. The Labute approximate surface area is 133 Å². The van der Waals surface area contributed by atoms with E-state index < -0.39 is 10.0 Å². The number of nitrogens with one attached hydrogen (secondary N) is 1. The molecule has 0 aliphatic heterocycles. The number of hydrogen-bond donors (Lipinski definition) is 2. The van der Waals surface area contributed by atoms with Crippen LogP contribution in [-0.4, -0.2) is 18.4 Å². The molecule has 2 rings (SSSR count). The largest absolute Gasteiger partial charge is 0.393 e. The quantitative estimate of drug-likeness (QED) is 0.815. The van der Waals surface area contributed by atoms with Crippen LogP contribution in [0.1, 0.15) is 5.56 Å². The Morgan fingerprint density at radius 3 is 2.52 bits per heavy atom. The fourth-order valence-electron chi connectivity index (χ4n) is 1.63. The Kier molecular flexibility index (Phi) is 4.76. The second-order valence-corrected chi connectivity index (χ2v) is 6.84. The molecule has 0 saturated heterocycles. The van der Waals surface area contributed by atoms with Gasteiger partial charge in [0.25, 0.3) is 10.0 Å². The minimum atomic E-state index is -3.74. The van der Waals surface area contributed by atoms with Gasteiger partial charge in [-0.2, -0.15) is 0 Å². The number of nitrogens with two attached hydrogens (primary N) is 1. The zero-order valence-corrected chi connectivity index (χ0v) is 13.2. The third-order valence-electron chi connectivity index (χ3n) is 2.60. The van der Waals surface area contributed by atoms with Crippen LogP contribution >= 0.6 is 23.8 Å². The van der Waals surface area contributed by atoms with Crippen LogP contribution in [0.2, 0.25) is 5.02 Å². The lowest BCUT2D eigenvalue weighted by Gasteiger charge is -2.09. The molecule has 0 aliphatic rings. The number of rotatable bonds is 5. The molecule has 0 bridgehead atoms. The second-order valence-electron chi connectivity index (χ2n) is 4.23. The average molecular weight is 342 g/mol. The molecule has 5 nitrogen and oxygen atoms in total. The zero-order valence-electron chi connectivity index (χ0n) is 10.8. The molecule has 1 aromatic carbocycles.